The number of rotatable bonds is 4. The summed E-state index contributed by atoms with van der Waals surface area (Å²) in [5, 5.41) is 9.53. The zero-order valence-electron chi connectivity index (χ0n) is 11.4. The maximum absolute atomic E-state index is 12.1. The van der Waals surface area contributed by atoms with Gasteiger partial charge >= 0.3 is 6.36 Å². The molecule has 0 saturated carbocycles. The van der Waals surface area contributed by atoms with Crippen molar-refractivity contribution in [2.45, 2.75) is 19.9 Å². The van der Waals surface area contributed by atoms with Crippen LogP contribution in [0.5, 0.6) is 17.2 Å². The highest BCUT2D eigenvalue weighted by atomic mass is 35.5. The quantitative estimate of drug-likeness (QED) is 0.871. The van der Waals surface area contributed by atoms with Crippen molar-refractivity contribution < 1.29 is 27.8 Å². The third-order valence-electron chi connectivity index (χ3n) is 2.75. The van der Waals surface area contributed by atoms with Crippen LogP contribution in [0.3, 0.4) is 0 Å². The van der Waals surface area contributed by atoms with E-state index in [4.69, 9.17) is 21.4 Å². The number of hydrogen-bond donors (Lipinski definition) is 1. The Morgan fingerprint density at radius 2 is 1.68 bits per heavy atom. The maximum Gasteiger partial charge on any atom is 0.573 e. The van der Waals surface area contributed by atoms with Gasteiger partial charge in [0.2, 0.25) is 0 Å². The maximum atomic E-state index is 12.1. The number of aliphatic hydroxyl groups is 1. The molecule has 0 aliphatic carbocycles. The summed E-state index contributed by atoms with van der Waals surface area (Å²) in [4.78, 5) is 0. The Morgan fingerprint density at radius 3 is 2.23 bits per heavy atom. The number of halogens is 4. The lowest BCUT2D eigenvalue weighted by molar-refractivity contribution is -0.274. The van der Waals surface area contributed by atoms with Gasteiger partial charge in [-0.2, -0.15) is 0 Å². The molecule has 0 fully saturated rings. The molecular weight excluding hydrogens is 321 g/mol. The van der Waals surface area contributed by atoms with Gasteiger partial charge < -0.3 is 14.6 Å². The van der Waals surface area contributed by atoms with E-state index in [1.54, 1.807) is 19.1 Å². The van der Waals surface area contributed by atoms with Gasteiger partial charge in [0.25, 0.3) is 0 Å². The minimum absolute atomic E-state index is 0.174. The highest BCUT2D eigenvalue weighted by Crippen LogP contribution is 2.34. The van der Waals surface area contributed by atoms with Crippen molar-refractivity contribution in [1.82, 2.24) is 0 Å². The first-order valence-corrected chi connectivity index (χ1v) is 6.60. The van der Waals surface area contributed by atoms with E-state index in [-0.39, 0.29) is 12.4 Å². The second-order valence-corrected chi connectivity index (χ2v) is 4.88. The number of ether oxygens (including phenoxy) is 2. The molecule has 0 saturated heterocycles. The van der Waals surface area contributed by atoms with Crippen LogP contribution in [0.2, 0.25) is 5.02 Å². The molecule has 22 heavy (non-hydrogen) atoms. The number of benzene rings is 2. The fraction of sp³-hybridized carbons (Fsp3) is 0.200. The molecule has 3 nitrogen and oxygen atoms in total. The molecule has 0 spiro atoms. The third kappa shape index (κ3) is 4.29. The van der Waals surface area contributed by atoms with Crippen LogP contribution in [-0.4, -0.2) is 11.5 Å². The Hall–Kier alpha value is -1.92. The fourth-order valence-electron chi connectivity index (χ4n) is 1.81. The van der Waals surface area contributed by atoms with E-state index in [0.717, 1.165) is 17.7 Å². The van der Waals surface area contributed by atoms with Gasteiger partial charge in [0.1, 0.15) is 17.2 Å². The summed E-state index contributed by atoms with van der Waals surface area (Å²) in [6.45, 7) is 1.58. The predicted octanol–water partition coefficient (Wildman–Crippen LogP) is 4.83. The van der Waals surface area contributed by atoms with Crippen molar-refractivity contribution in [2.24, 2.45) is 0 Å². The molecule has 0 atom stereocenters. The van der Waals surface area contributed by atoms with Gasteiger partial charge in [-0.05, 0) is 48.4 Å². The Labute approximate surface area is 129 Å². The summed E-state index contributed by atoms with van der Waals surface area (Å²) >= 11 is 6.11. The van der Waals surface area contributed by atoms with Gasteiger partial charge in [-0.15, -0.1) is 13.2 Å². The summed E-state index contributed by atoms with van der Waals surface area (Å²) in [6, 6.07) is 8.22. The number of aryl methyl sites for hydroxylation is 1. The standard InChI is InChI=1S/C15H12ClF3O3/c1-9-6-10(8-20)7-13(14(9)16)21-11-2-4-12(5-3-11)22-15(17,18)19/h2-7,20H,8H2,1H3. The van der Waals surface area contributed by atoms with Crippen LogP contribution in [0.4, 0.5) is 13.2 Å². The Balaban J connectivity index is 2.19. The largest absolute Gasteiger partial charge is 0.573 e. The lowest BCUT2D eigenvalue weighted by atomic mass is 10.1. The molecule has 0 aliphatic rings. The normalized spacial score (nSPS) is 11.4. The molecule has 0 unspecified atom stereocenters. The smallest absolute Gasteiger partial charge is 0.456 e. The number of alkyl halides is 3. The van der Waals surface area contributed by atoms with Gasteiger partial charge in [0.05, 0.1) is 11.6 Å². The van der Waals surface area contributed by atoms with E-state index < -0.39 is 6.36 Å². The first kappa shape index (κ1) is 16.5. The summed E-state index contributed by atoms with van der Waals surface area (Å²) in [6.07, 6.45) is -4.74. The molecule has 0 amide bonds. The molecule has 7 heteroatoms. The lowest BCUT2D eigenvalue weighted by Crippen LogP contribution is -2.16. The Kier molecular flexibility index (Phi) is 4.83. The molecule has 2 aromatic rings. The number of hydrogen-bond acceptors (Lipinski definition) is 3. The minimum Gasteiger partial charge on any atom is -0.456 e. The Bertz CT molecular complexity index is 654. The first-order valence-electron chi connectivity index (χ1n) is 6.22. The van der Waals surface area contributed by atoms with Gasteiger partial charge in [-0.3, -0.25) is 0 Å². The second kappa shape index (κ2) is 6.46. The number of aliphatic hydroxyl groups excluding tert-OH is 1. The topological polar surface area (TPSA) is 38.7 Å². The average Bonchev–Trinajstić information content (AvgIpc) is 2.44. The molecular formula is C15H12ClF3O3. The molecule has 118 valence electrons. The Morgan fingerprint density at radius 1 is 1.09 bits per heavy atom. The minimum atomic E-state index is -4.74. The van der Waals surface area contributed by atoms with Gasteiger partial charge in [-0.25, -0.2) is 0 Å². The molecule has 0 heterocycles. The van der Waals surface area contributed by atoms with Crippen LogP contribution in [0.25, 0.3) is 0 Å². The molecule has 0 aliphatic heterocycles. The average molecular weight is 333 g/mol. The highest BCUT2D eigenvalue weighted by molar-refractivity contribution is 6.32. The van der Waals surface area contributed by atoms with Crippen molar-refractivity contribution in [3.63, 3.8) is 0 Å². The van der Waals surface area contributed by atoms with E-state index in [9.17, 15) is 13.2 Å². The molecule has 2 rings (SSSR count). The highest BCUT2D eigenvalue weighted by Gasteiger charge is 2.31. The van der Waals surface area contributed by atoms with E-state index in [0.29, 0.717) is 22.1 Å². The van der Waals surface area contributed by atoms with Crippen LogP contribution in [0, 0.1) is 6.92 Å². The molecule has 0 aromatic heterocycles. The SMILES string of the molecule is Cc1cc(CO)cc(Oc2ccc(OC(F)(F)F)cc2)c1Cl. The van der Waals surface area contributed by atoms with Crippen LogP contribution in [0.15, 0.2) is 36.4 Å². The molecule has 1 N–H and O–H groups in total. The molecule has 0 radical (unpaired) electrons. The van der Waals surface area contributed by atoms with Crippen molar-refractivity contribution in [1.29, 1.82) is 0 Å². The molecule has 2 aromatic carbocycles. The van der Waals surface area contributed by atoms with Crippen LogP contribution in [0.1, 0.15) is 11.1 Å². The zero-order chi connectivity index (χ0) is 16.3. The molecule has 0 bridgehead atoms. The fourth-order valence-corrected chi connectivity index (χ4v) is 1.96. The second-order valence-electron chi connectivity index (χ2n) is 4.50. The van der Waals surface area contributed by atoms with Crippen molar-refractivity contribution >= 4 is 11.6 Å². The van der Waals surface area contributed by atoms with Crippen molar-refractivity contribution in [3.8, 4) is 17.2 Å². The van der Waals surface area contributed by atoms with Gasteiger partial charge in [0.15, 0.2) is 0 Å². The summed E-state index contributed by atoms with van der Waals surface area (Å²) in [5.74, 6) is 0.271. The first-order chi connectivity index (χ1) is 10.3. The monoisotopic (exact) mass is 332 g/mol. The van der Waals surface area contributed by atoms with Gasteiger partial charge in [0, 0.05) is 0 Å². The van der Waals surface area contributed by atoms with Crippen LogP contribution < -0.4 is 9.47 Å². The lowest BCUT2D eigenvalue weighted by Gasteiger charge is -2.12. The predicted molar refractivity (Wildman–Crippen MR) is 75.3 cm³/mol. The van der Waals surface area contributed by atoms with E-state index >= 15 is 0 Å². The zero-order valence-corrected chi connectivity index (χ0v) is 12.2. The third-order valence-corrected chi connectivity index (χ3v) is 3.23. The van der Waals surface area contributed by atoms with Crippen LogP contribution >= 0.6 is 11.6 Å². The summed E-state index contributed by atoms with van der Waals surface area (Å²) < 4.78 is 45.5. The van der Waals surface area contributed by atoms with Gasteiger partial charge in [-0.1, -0.05) is 17.7 Å². The summed E-state index contributed by atoms with van der Waals surface area (Å²) in [5.41, 5.74) is 1.34. The summed E-state index contributed by atoms with van der Waals surface area (Å²) in [7, 11) is 0. The van der Waals surface area contributed by atoms with Crippen LogP contribution in [-0.2, 0) is 6.61 Å². The van der Waals surface area contributed by atoms with Crippen molar-refractivity contribution in [2.75, 3.05) is 0 Å². The van der Waals surface area contributed by atoms with E-state index in [1.807, 2.05) is 0 Å². The van der Waals surface area contributed by atoms with E-state index in [2.05, 4.69) is 4.74 Å². The van der Waals surface area contributed by atoms with Crippen molar-refractivity contribution in [3.05, 3.63) is 52.5 Å². The van der Waals surface area contributed by atoms with E-state index in [1.165, 1.54) is 12.1 Å².